The molecule has 37 heavy (non-hydrogen) atoms. The van der Waals surface area contributed by atoms with Crippen molar-refractivity contribution >= 4 is 28.8 Å². The first-order chi connectivity index (χ1) is 17.9. The number of rotatable bonds is 6. The minimum Gasteiger partial charge on any atom is -0.337 e. The molecule has 3 aliphatic heterocycles. The molecule has 0 saturated carbocycles. The number of fused-ring (bicyclic) bond motifs is 4. The minimum absolute atomic E-state index is 0.0302. The van der Waals surface area contributed by atoms with E-state index in [1.54, 1.807) is 41.3 Å². The van der Waals surface area contributed by atoms with E-state index in [2.05, 4.69) is 4.90 Å². The monoisotopic (exact) mass is 505 g/mol. The van der Waals surface area contributed by atoms with Crippen LogP contribution in [0.25, 0.3) is 0 Å². The van der Waals surface area contributed by atoms with E-state index in [4.69, 9.17) is 0 Å². The number of amides is 1. The Bertz CT molecular complexity index is 1390. The molecule has 1 fully saturated rings. The van der Waals surface area contributed by atoms with Gasteiger partial charge in [0.25, 0.3) is 11.7 Å². The van der Waals surface area contributed by atoms with Crippen LogP contribution in [-0.2, 0) is 4.79 Å². The second-order valence-electron chi connectivity index (χ2n) is 9.94. The molecule has 5 nitrogen and oxygen atoms in total. The van der Waals surface area contributed by atoms with Gasteiger partial charge in [0.1, 0.15) is 5.82 Å². The summed E-state index contributed by atoms with van der Waals surface area (Å²) in [5.41, 5.74) is 3.43. The van der Waals surface area contributed by atoms with Crippen LogP contribution in [0.2, 0.25) is 0 Å². The zero-order valence-electron chi connectivity index (χ0n) is 20.2. The zero-order chi connectivity index (χ0) is 25.7. The first-order valence-corrected chi connectivity index (χ1v) is 12.6. The van der Waals surface area contributed by atoms with E-state index in [1.165, 1.54) is 12.1 Å². The lowest BCUT2D eigenvalue weighted by Gasteiger charge is -2.39. The molecule has 2 atom stereocenters. The van der Waals surface area contributed by atoms with E-state index in [0.29, 0.717) is 23.5 Å². The van der Waals surface area contributed by atoms with Gasteiger partial charge in [-0.1, -0.05) is 12.1 Å². The Labute approximate surface area is 213 Å². The Morgan fingerprint density at radius 3 is 2.49 bits per heavy atom. The van der Waals surface area contributed by atoms with Crippen LogP contribution in [-0.4, -0.2) is 48.8 Å². The van der Waals surface area contributed by atoms with Crippen molar-refractivity contribution in [3.63, 3.8) is 0 Å². The Morgan fingerprint density at radius 1 is 0.838 bits per heavy atom. The van der Waals surface area contributed by atoms with Crippen molar-refractivity contribution in [1.82, 2.24) is 4.90 Å². The molecule has 6 rings (SSSR count). The van der Waals surface area contributed by atoms with Crippen LogP contribution in [0.4, 0.5) is 30.2 Å². The van der Waals surface area contributed by atoms with Gasteiger partial charge >= 0.3 is 0 Å². The van der Waals surface area contributed by atoms with Crippen LogP contribution in [0.15, 0.2) is 60.7 Å². The number of halogens is 3. The third-order valence-corrected chi connectivity index (χ3v) is 7.81. The van der Waals surface area contributed by atoms with Crippen LogP contribution in [0.1, 0.15) is 41.1 Å². The van der Waals surface area contributed by atoms with Crippen molar-refractivity contribution in [2.75, 3.05) is 36.0 Å². The van der Waals surface area contributed by atoms with E-state index in [-0.39, 0.29) is 17.8 Å². The molecule has 190 valence electrons. The van der Waals surface area contributed by atoms with Crippen LogP contribution in [0.3, 0.4) is 0 Å². The topological polar surface area (TPSA) is 43.9 Å². The summed E-state index contributed by atoms with van der Waals surface area (Å²) in [6, 6.07) is 15.7. The van der Waals surface area contributed by atoms with Crippen LogP contribution in [0, 0.1) is 17.5 Å². The van der Waals surface area contributed by atoms with Gasteiger partial charge < -0.3 is 14.7 Å². The molecule has 8 heteroatoms. The number of carbonyl (C=O) groups excluding carboxylic acids is 2. The lowest BCUT2D eigenvalue weighted by atomic mass is 9.89. The van der Waals surface area contributed by atoms with Gasteiger partial charge in [0.2, 0.25) is 0 Å². The quantitative estimate of drug-likeness (QED) is 0.331. The summed E-state index contributed by atoms with van der Waals surface area (Å²) in [6.45, 7) is 2.85. The summed E-state index contributed by atoms with van der Waals surface area (Å²) in [6.07, 6.45) is 2.40. The van der Waals surface area contributed by atoms with E-state index in [0.717, 1.165) is 56.2 Å². The Kier molecular flexibility index (Phi) is 5.99. The molecular formula is C29H26F3N3O2. The maximum Gasteiger partial charge on any atom is 0.299 e. The number of likely N-dealkylation sites (tertiary alicyclic amines) is 1. The zero-order valence-corrected chi connectivity index (χ0v) is 20.2. The number of hydrogen-bond acceptors (Lipinski definition) is 4. The number of hydrogen-bond donors (Lipinski definition) is 0. The fraction of sp³-hybridized carbons (Fsp3) is 0.310. The molecule has 3 aromatic carbocycles. The highest BCUT2D eigenvalue weighted by Crippen LogP contribution is 2.48. The van der Waals surface area contributed by atoms with Crippen molar-refractivity contribution in [3.8, 4) is 0 Å². The lowest BCUT2D eigenvalue weighted by molar-refractivity contribution is -0.114. The molecule has 3 aromatic rings. The Hall–Kier alpha value is -3.65. The molecule has 2 unspecified atom stereocenters. The van der Waals surface area contributed by atoms with E-state index < -0.39 is 23.3 Å². The molecule has 0 aliphatic carbocycles. The maximum absolute atomic E-state index is 14.2. The molecule has 0 N–H and O–H groups in total. The Balaban J connectivity index is 1.13. The molecule has 0 radical (unpaired) electrons. The highest BCUT2D eigenvalue weighted by Gasteiger charge is 2.43. The van der Waals surface area contributed by atoms with Gasteiger partial charge in [-0.05, 0) is 73.8 Å². The summed E-state index contributed by atoms with van der Waals surface area (Å²) in [7, 11) is 0. The number of benzene rings is 3. The number of nitrogens with zero attached hydrogens (tertiary/aromatic N) is 3. The first kappa shape index (κ1) is 23.7. The van der Waals surface area contributed by atoms with Crippen molar-refractivity contribution in [1.29, 1.82) is 0 Å². The molecule has 0 bridgehead atoms. The molecular weight excluding hydrogens is 479 g/mol. The summed E-state index contributed by atoms with van der Waals surface area (Å²) in [5.74, 6) is -2.98. The van der Waals surface area contributed by atoms with Gasteiger partial charge in [0, 0.05) is 49.0 Å². The second-order valence-corrected chi connectivity index (χ2v) is 9.94. The van der Waals surface area contributed by atoms with E-state index in [1.807, 2.05) is 11.0 Å². The van der Waals surface area contributed by atoms with Gasteiger partial charge in [-0.25, -0.2) is 13.2 Å². The number of piperidine rings is 1. The smallest absolute Gasteiger partial charge is 0.299 e. The lowest BCUT2D eigenvalue weighted by Crippen LogP contribution is -2.45. The number of para-hydroxylation sites is 1. The molecule has 0 aromatic heterocycles. The molecule has 3 heterocycles. The molecule has 1 amide bonds. The Morgan fingerprint density at radius 2 is 1.65 bits per heavy atom. The fourth-order valence-electron chi connectivity index (χ4n) is 6.09. The van der Waals surface area contributed by atoms with E-state index in [9.17, 15) is 22.8 Å². The van der Waals surface area contributed by atoms with Crippen LogP contribution in [0.5, 0.6) is 0 Å². The second kappa shape index (κ2) is 9.34. The highest BCUT2D eigenvalue weighted by molar-refractivity contribution is 6.52. The van der Waals surface area contributed by atoms with Crippen molar-refractivity contribution in [2.24, 2.45) is 0 Å². The molecule has 1 saturated heterocycles. The van der Waals surface area contributed by atoms with Crippen LogP contribution >= 0.6 is 0 Å². The number of carbonyl (C=O) groups is 2. The van der Waals surface area contributed by atoms with Gasteiger partial charge in [-0.2, -0.15) is 0 Å². The number of ketones is 1. The summed E-state index contributed by atoms with van der Waals surface area (Å²) in [5, 5.41) is 0. The minimum atomic E-state index is -0.900. The largest absolute Gasteiger partial charge is 0.337 e. The SMILES string of the molecule is O=C1C(=O)N(CCCCN2CCC3C(C2)c2cc(F)ccc2N3c2ccc(F)c(F)c2)c2ccccc21. The average Bonchev–Trinajstić information content (AvgIpc) is 3.34. The number of Topliss-reactive ketones (excluding diaryl/α,β-unsaturated/α-hetero) is 1. The normalized spacial score (nSPS) is 20.8. The van der Waals surface area contributed by atoms with Crippen molar-refractivity contribution in [2.45, 2.75) is 31.2 Å². The third-order valence-electron chi connectivity index (χ3n) is 7.81. The van der Waals surface area contributed by atoms with Crippen LogP contribution < -0.4 is 9.80 Å². The molecule has 0 spiro atoms. The number of anilines is 3. The fourth-order valence-corrected chi connectivity index (χ4v) is 6.09. The summed E-state index contributed by atoms with van der Waals surface area (Å²) in [4.78, 5) is 30.5. The predicted octanol–water partition coefficient (Wildman–Crippen LogP) is 5.42. The third kappa shape index (κ3) is 4.09. The first-order valence-electron chi connectivity index (χ1n) is 12.6. The number of unbranched alkanes of at least 4 members (excludes halogenated alkanes) is 1. The summed E-state index contributed by atoms with van der Waals surface area (Å²) < 4.78 is 41.9. The predicted molar refractivity (Wildman–Crippen MR) is 135 cm³/mol. The standard InChI is InChI=1S/C29H26F3N3O2/c30-18-7-10-26-21(15-18)22-17-33(14-11-27(22)35(26)19-8-9-23(31)24(32)16-19)12-3-4-13-34-25-6-2-1-5-20(25)28(36)29(34)37/h1-2,5-10,15-16,22,27H,3-4,11-14,17H2. The summed E-state index contributed by atoms with van der Waals surface area (Å²) >= 11 is 0. The maximum atomic E-state index is 14.2. The van der Waals surface area contributed by atoms with Gasteiger partial charge in [-0.15, -0.1) is 0 Å². The van der Waals surface area contributed by atoms with Crippen molar-refractivity contribution < 1.29 is 22.8 Å². The van der Waals surface area contributed by atoms with Gasteiger partial charge in [0.15, 0.2) is 11.6 Å². The molecule has 3 aliphatic rings. The van der Waals surface area contributed by atoms with E-state index >= 15 is 0 Å². The van der Waals surface area contributed by atoms with Gasteiger partial charge in [-0.3, -0.25) is 9.59 Å². The average molecular weight is 506 g/mol. The van der Waals surface area contributed by atoms with Gasteiger partial charge in [0.05, 0.1) is 11.3 Å². The van der Waals surface area contributed by atoms with Crippen molar-refractivity contribution in [3.05, 3.63) is 89.2 Å². The highest BCUT2D eigenvalue weighted by atomic mass is 19.2.